The summed E-state index contributed by atoms with van der Waals surface area (Å²) in [7, 11) is -3.26. The van der Waals surface area contributed by atoms with E-state index in [0.717, 1.165) is 6.26 Å². The van der Waals surface area contributed by atoms with Crippen molar-refractivity contribution in [3.05, 3.63) is 26.9 Å². The maximum atomic E-state index is 10.8. The van der Waals surface area contributed by atoms with Gasteiger partial charge in [-0.2, -0.15) is 0 Å². The van der Waals surface area contributed by atoms with E-state index in [1.165, 1.54) is 12.3 Å². The van der Waals surface area contributed by atoms with Crippen molar-refractivity contribution in [3.8, 4) is 0 Å². The number of nitrogens with zero attached hydrogens (tertiary/aromatic N) is 2. The van der Waals surface area contributed by atoms with E-state index in [1.807, 2.05) is 0 Å². The van der Waals surface area contributed by atoms with E-state index >= 15 is 0 Å². The van der Waals surface area contributed by atoms with Gasteiger partial charge in [-0.3, -0.25) is 10.1 Å². The largest absolute Gasteiger partial charge is 0.363 e. The molecule has 0 aliphatic carbocycles. The minimum Gasteiger partial charge on any atom is -0.363 e. The summed E-state index contributed by atoms with van der Waals surface area (Å²) in [6.45, 7) is 0.316. The zero-order chi connectivity index (χ0) is 13.8. The molecule has 18 heavy (non-hydrogen) atoms. The number of aromatic nitrogens is 1. The van der Waals surface area contributed by atoms with Crippen molar-refractivity contribution in [3.63, 3.8) is 0 Å². The van der Waals surface area contributed by atoms with Crippen LogP contribution >= 0.6 is 15.9 Å². The molecule has 0 radical (unpaired) electrons. The summed E-state index contributed by atoms with van der Waals surface area (Å²) in [4.78, 5) is 14.1. The molecular weight excluding hydrogens is 328 g/mol. The first-order valence-electron chi connectivity index (χ1n) is 4.78. The third kappa shape index (κ3) is 4.94. The lowest BCUT2D eigenvalue weighted by Gasteiger charge is -2.06. The van der Waals surface area contributed by atoms with E-state index in [-0.39, 0.29) is 24.6 Å². The van der Waals surface area contributed by atoms with Gasteiger partial charge in [0.2, 0.25) is 15.8 Å². The van der Waals surface area contributed by atoms with Crippen LogP contribution in [0.4, 0.5) is 11.5 Å². The van der Waals surface area contributed by atoms with Gasteiger partial charge in [-0.1, -0.05) is 0 Å². The number of sulfonamides is 1. The highest BCUT2D eigenvalue weighted by molar-refractivity contribution is 9.10. The summed E-state index contributed by atoms with van der Waals surface area (Å²) < 4.78 is 24.3. The third-order valence-electron chi connectivity index (χ3n) is 1.81. The number of pyridine rings is 1. The highest BCUT2D eigenvalue weighted by atomic mass is 79.9. The van der Waals surface area contributed by atoms with Crippen molar-refractivity contribution >= 4 is 37.5 Å². The van der Waals surface area contributed by atoms with Gasteiger partial charge >= 0.3 is 5.69 Å². The van der Waals surface area contributed by atoms with Crippen molar-refractivity contribution in [1.82, 2.24) is 9.71 Å². The SMILES string of the molecule is CS(=O)(=O)NCCNc1ncc(Br)cc1[N+](=O)[O-]. The molecule has 10 heteroatoms. The number of halogens is 1. The minimum atomic E-state index is -3.26. The van der Waals surface area contributed by atoms with Crippen LogP contribution in [0.3, 0.4) is 0 Å². The first-order chi connectivity index (χ1) is 8.29. The fraction of sp³-hybridized carbons (Fsp3) is 0.375. The van der Waals surface area contributed by atoms with Crippen molar-refractivity contribution < 1.29 is 13.3 Å². The summed E-state index contributed by atoms with van der Waals surface area (Å²) in [6, 6.07) is 1.32. The van der Waals surface area contributed by atoms with Crippen LogP contribution in [0.25, 0.3) is 0 Å². The van der Waals surface area contributed by atoms with Gasteiger partial charge in [0.25, 0.3) is 0 Å². The molecule has 0 saturated carbocycles. The fourth-order valence-electron chi connectivity index (χ4n) is 1.12. The van der Waals surface area contributed by atoms with Gasteiger partial charge in [0.05, 0.1) is 11.2 Å². The van der Waals surface area contributed by atoms with Gasteiger partial charge in [-0.25, -0.2) is 18.1 Å². The van der Waals surface area contributed by atoms with Crippen LogP contribution in [0.1, 0.15) is 0 Å². The lowest BCUT2D eigenvalue weighted by molar-refractivity contribution is -0.384. The Labute approximate surface area is 112 Å². The molecule has 0 amide bonds. The van der Waals surface area contributed by atoms with Crippen LogP contribution in [0.15, 0.2) is 16.7 Å². The molecule has 1 aromatic heterocycles. The average molecular weight is 339 g/mol. The summed E-state index contributed by atoms with van der Waals surface area (Å²) in [6.07, 6.45) is 2.45. The van der Waals surface area contributed by atoms with Crippen LogP contribution in [-0.4, -0.2) is 37.7 Å². The summed E-state index contributed by atoms with van der Waals surface area (Å²) in [5, 5.41) is 13.5. The predicted octanol–water partition coefficient (Wildman–Crippen LogP) is 0.713. The quantitative estimate of drug-likeness (QED) is 0.448. The fourth-order valence-corrected chi connectivity index (χ4v) is 1.91. The zero-order valence-corrected chi connectivity index (χ0v) is 11.8. The maximum Gasteiger partial charge on any atom is 0.312 e. The number of rotatable bonds is 6. The van der Waals surface area contributed by atoms with Crippen LogP contribution in [-0.2, 0) is 10.0 Å². The second-order valence-electron chi connectivity index (χ2n) is 3.37. The van der Waals surface area contributed by atoms with Crippen LogP contribution in [0, 0.1) is 10.1 Å². The molecule has 1 rings (SSSR count). The Morgan fingerprint density at radius 2 is 2.17 bits per heavy atom. The molecule has 0 unspecified atom stereocenters. The van der Waals surface area contributed by atoms with Gasteiger partial charge in [0.1, 0.15) is 0 Å². The van der Waals surface area contributed by atoms with Crippen LogP contribution < -0.4 is 10.0 Å². The molecule has 0 aromatic carbocycles. The molecular formula is C8H11BrN4O4S. The van der Waals surface area contributed by atoms with Crippen LogP contribution in [0.2, 0.25) is 0 Å². The monoisotopic (exact) mass is 338 g/mol. The van der Waals surface area contributed by atoms with E-state index in [9.17, 15) is 18.5 Å². The highest BCUT2D eigenvalue weighted by Gasteiger charge is 2.15. The van der Waals surface area contributed by atoms with E-state index in [1.54, 1.807) is 0 Å². The molecule has 0 saturated heterocycles. The molecule has 100 valence electrons. The molecule has 0 aliphatic heterocycles. The Balaban J connectivity index is 2.65. The summed E-state index contributed by atoms with van der Waals surface area (Å²) in [5.41, 5.74) is -0.177. The Morgan fingerprint density at radius 1 is 1.50 bits per heavy atom. The van der Waals surface area contributed by atoms with E-state index in [0.29, 0.717) is 4.47 Å². The first kappa shape index (κ1) is 14.8. The highest BCUT2D eigenvalue weighted by Crippen LogP contribution is 2.24. The van der Waals surface area contributed by atoms with Crippen molar-refractivity contribution in [2.75, 3.05) is 24.7 Å². The molecule has 0 aliphatic rings. The number of hydrogen-bond donors (Lipinski definition) is 2. The molecule has 2 N–H and O–H groups in total. The van der Waals surface area contributed by atoms with Gasteiger partial charge in [0.15, 0.2) is 0 Å². The Hall–Kier alpha value is -1.26. The van der Waals surface area contributed by atoms with E-state index in [2.05, 4.69) is 31.0 Å². The maximum absolute atomic E-state index is 10.8. The molecule has 1 heterocycles. The first-order valence-corrected chi connectivity index (χ1v) is 7.46. The van der Waals surface area contributed by atoms with Gasteiger partial charge in [-0.05, 0) is 15.9 Å². The number of nitrogens with one attached hydrogen (secondary N) is 2. The van der Waals surface area contributed by atoms with E-state index in [4.69, 9.17) is 0 Å². The second kappa shape index (κ2) is 6.07. The Bertz CT molecular complexity index is 548. The molecule has 8 nitrogen and oxygen atoms in total. The smallest absolute Gasteiger partial charge is 0.312 e. The molecule has 0 bridgehead atoms. The second-order valence-corrected chi connectivity index (χ2v) is 6.12. The Kier molecular flexibility index (Phi) is 4.99. The topological polar surface area (TPSA) is 114 Å². The average Bonchev–Trinajstić information content (AvgIpc) is 2.24. The van der Waals surface area contributed by atoms with Gasteiger partial charge < -0.3 is 5.32 Å². The molecule has 0 atom stereocenters. The Morgan fingerprint density at radius 3 is 2.72 bits per heavy atom. The van der Waals surface area contributed by atoms with Crippen molar-refractivity contribution in [2.24, 2.45) is 0 Å². The van der Waals surface area contributed by atoms with Gasteiger partial charge in [0, 0.05) is 29.8 Å². The number of hydrogen-bond acceptors (Lipinski definition) is 6. The number of nitro groups is 1. The minimum absolute atomic E-state index is 0.0958. The zero-order valence-electron chi connectivity index (χ0n) is 9.38. The number of anilines is 1. The molecule has 0 spiro atoms. The predicted molar refractivity (Wildman–Crippen MR) is 69.9 cm³/mol. The van der Waals surface area contributed by atoms with Crippen molar-refractivity contribution in [2.45, 2.75) is 0 Å². The van der Waals surface area contributed by atoms with Crippen molar-refractivity contribution in [1.29, 1.82) is 0 Å². The normalized spacial score (nSPS) is 11.2. The third-order valence-corrected chi connectivity index (χ3v) is 2.97. The van der Waals surface area contributed by atoms with Gasteiger partial charge in [-0.15, -0.1) is 0 Å². The van der Waals surface area contributed by atoms with Crippen LogP contribution in [0.5, 0.6) is 0 Å². The van der Waals surface area contributed by atoms with E-state index < -0.39 is 14.9 Å². The lowest BCUT2D eigenvalue weighted by atomic mass is 10.4. The molecule has 1 aromatic rings. The lowest BCUT2D eigenvalue weighted by Crippen LogP contribution is -2.27. The summed E-state index contributed by atoms with van der Waals surface area (Å²) in [5.74, 6) is 0.0958. The summed E-state index contributed by atoms with van der Waals surface area (Å²) >= 11 is 3.09. The standard InChI is InChI=1S/C8H11BrN4O4S/c1-18(16,17)12-3-2-10-8-7(13(14)15)4-6(9)5-11-8/h4-5,12H,2-3H2,1H3,(H,10,11). The molecule has 0 fully saturated rings.